The predicted octanol–water partition coefficient (Wildman–Crippen LogP) is 14.6. The van der Waals surface area contributed by atoms with Crippen LogP contribution in [0.15, 0.2) is 140 Å². The molecule has 11 rings (SSSR count). The molecule has 64 heavy (non-hydrogen) atoms. The van der Waals surface area contributed by atoms with Crippen molar-refractivity contribution in [1.82, 2.24) is 0 Å². The molecule has 0 unspecified atom stereocenters. The van der Waals surface area contributed by atoms with Crippen molar-refractivity contribution in [2.45, 2.75) is 123 Å². The van der Waals surface area contributed by atoms with Gasteiger partial charge in [-0.3, -0.25) is 0 Å². The highest BCUT2D eigenvalue weighted by Gasteiger charge is 2.49. The molecule has 3 heteroatoms. The van der Waals surface area contributed by atoms with Gasteiger partial charge < -0.3 is 9.80 Å². The summed E-state index contributed by atoms with van der Waals surface area (Å²) in [6.07, 6.45) is 2.27. The number of hydrogen-bond donors (Lipinski definition) is 0. The van der Waals surface area contributed by atoms with Gasteiger partial charge in [-0.05, 0) is 162 Å². The lowest BCUT2D eigenvalue weighted by molar-refractivity contribution is 0.403. The maximum absolute atomic E-state index is 2.67. The Morgan fingerprint density at radius 2 is 1.00 bits per heavy atom. The van der Waals surface area contributed by atoms with E-state index in [4.69, 9.17) is 0 Å². The van der Waals surface area contributed by atoms with Crippen LogP contribution >= 0.6 is 0 Å². The summed E-state index contributed by atoms with van der Waals surface area (Å²) in [5, 5.41) is 0. The van der Waals surface area contributed by atoms with Gasteiger partial charge in [0, 0.05) is 34.0 Å². The third-order valence-corrected chi connectivity index (χ3v) is 15.6. The molecule has 0 aromatic heterocycles. The molecule has 0 amide bonds. The quantitative estimate of drug-likeness (QED) is 0.163. The standard InChI is InChI=1S/C61H63BN2/c1-38-29-54-56-55(30-38)64(51-28-24-42(57(2,3)4)32-44(51)40-21-17-14-18-22-40)52-31-41(39-19-15-13-16-20-39)23-27-49(52)62(56)50-34-47-48(61(11,12)37-60(47,9)10)35-53(50)63(54)43-25-26-45-46(33-43)59(7,8)36-58(45,5)6/h13-35H,36-37H2,1-12H3. The molecule has 4 aliphatic rings. The minimum atomic E-state index is -0.0115. The number of benzene rings is 7. The second kappa shape index (κ2) is 13.6. The van der Waals surface area contributed by atoms with Crippen LogP contribution in [-0.2, 0) is 27.1 Å². The van der Waals surface area contributed by atoms with E-state index in [2.05, 4.69) is 232 Å². The third kappa shape index (κ3) is 6.13. The van der Waals surface area contributed by atoms with E-state index in [1.165, 1.54) is 106 Å². The summed E-state index contributed by atoms with van der Waals surface area (Å²) in [4.78, 5) is 5.31. The Labute approximate surface area is 383 Å². The lowest BCUT2D eigenvalue weighted by atomic mass is 9.33. The number of fused-ring (bicyclic) bond motifs is 6. The fraction of sp³-hybridized carbons (Fsp3) is 0.311. The smallest absolute Gasteiger partial charge is 0.252 e. The molecule has 2 nitrogen and oxygen atoms in total. The molecule has 2 heterocycles. The van der Waals surface area contributed by atoms with Crippen LogP contribution in [0.3, 0.4) is 0 Å². The van der Waals surface area contributed by atoms with Crippen molar-refractivity contribution in [3.63, 3.8) is 0 Å². The minimum absolute atomic E-state index is 0.0115. The topological polar surface area (TPSA) is 6.48 Å². The second-order valence-corrected chi connectivity index (χ2v) is 23.4. The van der Waals surface area contributed by atoms with Gasteiger partial charge in [-0.2, -0.15) is 0 Å². The number of hydrogen-bond acceptors (Lipinski definition) is 2. The van der Waals surface area contributed by atoms with Crippen molar-refractivity contribution in [2.24, 2.45) is 0 Å². The van der Waals surface area contributed by atoms with Gasteiger partial charge in [0.1, 0.15) is 0 Å². The Hall–Kier alpha value is -5.80. The highest BCUT2D eigenvalue weighted by Crippen LogP contribution is 2.55. The number of aryl methyl sites for hydroxylation is 1. The van der Waals surface area contributed by atoms with E-state index in [9.17, 15) is 0 Å². The molecule has 0 N–H and O–H groups in total. The second-order valence-electron chi connectivity index (χ2n) is 23.4. The zero-order valence-electron chi connectivity index (χ0n) is 40.2. The Morgan fingerprint density at radius 3 is 1.64 bits per heavy atom. The van der Waals surface area contributed by atoms with Gasteiger partial charge in [0.15, 0.2) is 0 Å². The van der Waals surface area contributed by atoms with Crippen molar-refractivity contribution in [1.29, 1.82) is 0 Å². The lowest BCUT2D eigenvalue weighted by Crippen LogP contribution is -2.61. The highest BCUT2D eigenvalue weighted by atomic mass is 15.2. The maximum Gasteiger partial charge on any atom is 0.252 e. The van der Waals surface area contributed by atoms with Crippen molar-refractivity contribution in [2.75, 3.05) is 9.80 Å². The van der Waals surface area contributed by atoms with E-state index in [0.717, 1.165) is 12.8 Å². The molecule has 0 spiro atoms. The summed E-state index contributed by atoms with van der Waals surface area (Å²) in [7, 11) is 0. The normalized spacial score (nSPS) is 18.0. The molecular formula is C61H63BN2. The first-order valence-corrected chi connectivity index (χ1v) is 23.7. The van der Waals surface area contributed by atoms with Crippen molar-refractivity contribution >= 4 is 57.2 Å². The van der Waals surface area contributed by atoms with E-state index in [0.29, 0.717) is 0 Å². The predicted molar refractivity (Wildman–Crippen MR) is 276 cm³/mol. The van der Waals surface area contributed by atoms with E-state index in [1.807, 2.05) is 0 Å². The van der Waals surface area contributed by atoms with Gasteiger partial charge in [-0.1, -0.05) is 167 Å². The Balaban J connectivity index is 1.26. The van der Waals surface area contributed by atoms with Crippen LogP contribution in [0.2, 0.25) is 0 Å². The van der Waals surface area contributed by atoms with Crippen LogP contribution in [-0.4, -0.2) is 6.71 Å². The first-order valence-electron chi connectivity index (χ1n) is 23.7. The van der Waals surface area contributed by atoms with E-state index in [1.54, 1.807) is 0 Å². The summed E-state index contributed by atoms with van der Waals surface area (Å²) in [5.41, 5.74) is 25.5. The number of anilines is 6. The maximum atomic E-state index is 2.67. The number of rotatable bonds is 4. The van der Waals surface area contributed by atoms with Crippen LogP contribution < -0.4 is 26.2 Å². The SMILES string of the molecule is Cc1cc2c3c(c1)N(c1ccc(C(C)(C)C)cc1-c1ccccc1)c1cc(-c4ccccc4)ccc1B3c1cc3c(cc1N2c1ccc2c(c1)C(C)(C)CC2(C)C)C(C)(C)CC3(C)C. The van der Waals surface area contributed by atoms with Crippen molar-refractivity contribution in [3.8, 4) is 22.3 Å². The van der Waals surface area contributed by atoms with Gasteiger partial charge in [-0.15, -0.1) is 0 Å². The van der Waals surface area contributed by atoms with Gasteiger partial charge in [0.05, 0.1) is 5.69 Å². The highest BCUT2D eigenvalue weighted by molar-refractivity contribution is 7.00. The zero-order valence-corrected chi connectivity index (χ0v) is 40.2. The van der Waals surface area contributed by atoms with Crippen LogP contribution in [0.4, 0.5) is 34.1 Å². The summed E-state index contributed by atoms with van der Waals surface area (Å²) >= 11 is 0. The Kier molecular flexibility index (Phi) is 8.71. The van der Waals surface area contributed by atoms with Crippen LogP contribution in [0.5, 0.6) is 0 Å². The van der Waals surface area contributed by atoms with Gasteiger partial charge in [-0.25, -0.2) is 0 Å². The van der Waals surface area contributed by atoms with Crippen LogP contribution in [0.1, 0.15) is 122 Å². The molecule has 2 aliphatic carbocycles. The molecule has 0 fully saturated rings. The molecule has 0 radical (unpaired) electrons. The Bertz CT molecular complexity index is 3050. The summed E-state index contributed by atoms with van der Waals surface area (Å²) in [6, 6.07) is 54.3. The third-order valence-electron chi connectivity index (χ3n) is 15.6. The minimum Gasteiger partial charge on any atom is -0.311 e. The molecule has 0 atom stereocenters. The molecule has 7 aromatic rings. The summed E-state index contributed by atoms with van der Waals surface area (Å²) in [6.45, 7) is 28.9. The largest absolute Gasteiger partial charge is 0.311 e. The van der Waals surface area contributed by atoms with E-state index in [-0.39, 0.29) is 33.8 Å². The van der Waals surface area contributed by atoms with Gasteiger partial charge >= 0.3 is 0 Å². The number of nitrogens with zero attached hydrogens (tertiary/aromatic N) is 2. The fourth-order valence-electron chi connectivity index (χ4n) is 13.1. The van der Waals surface area contributed by atoms with Gasteiger partial charge in [0.25, 0.3) is 6.71 Å². The molecule has 7 aromatic carbocycles. The average Bonchev–Trinajstić information content (AvgIpc) is 3.56. The van der Waals surface area contributed by atoms with E-state index < -0.39 is 0 Å². The molecular weight excluding hydrogens is 771 g/mol. The lowest BCUT2D eigenvalue weighted by Gasteiger charge is -2.45. The first kappa shape index (κ1) is 40.9. The van der Waals surface area contributed by atoms with Crippen LogP contribution in [0.25, 0.3) is 22.3 Å². The van der Waals surface area contributed by atoms with E-state index >= 15 is 0 Å². The monoisotopic (exact) mass is 835 g/mol. The Morgan fingerprint density at radius 1 is 0.438 bits per heavy atom. The van der Waals surface area contributed by atoms with Crippen molar-refractivity contribution in [3.05, 3.63) is 173 Å². The molecule has 2 aliphatic heterocycles. The first-order chi connectivity index (χ1) is 30.2. The van der Waals surface area contributed by atoms with Crippen LogP contribution in [0, 0.1) is 6.92 Å². The molecule has 0 saturated heterocycles. The van der Waals surface area contributed by atoms with Gasteiger partial charge in [0.2, 0.25) is 0 Å². The van der Waals surface area contributed by atoms with Crippen molar-refractivity contribution < 1.29 is 0 Å². The molecule has 0 saturated carbocycles. The zero-order chi connectivity index (χ0) is 44.9. The fourth-order valence-corrected chi connectivity index (χ4v) is 13.1. The molecule has 320 valence electrons. The summed E-state index contributed by atoms with van der Waals surface area (Å²) < 4.78 is 0. The molecule has 0 bridgehead atoms. The summed E-state index contributed by atoms with van der Waals surface area (Å²) in [5.74, 6) is 0. The average molecular weight is 835 g/mol.